The Morgan fingerprint density at radius 1 is 1.00 bits per heavy atom. The third-order valence-electron chi connectivity index (χ3n) is 4.23. The molecule has 0 atom stereocenters. The van der Waals surface area contributed by atoms with E-state index in [1.54, 1.807) is 34.9 Å². The number of aromatic hydroxyl groups is 1. The van der Waals surface area contributed by atoms with E-state index in [1.165, 1.54) is 30.0 Å². The molecule has 0 unspecified atom stereocenters. The SMILES string of the molecule is O=C(CSc1nnc(-c2ccccc2O)n1-c1ccccc1)Nc1cccc(F)c1. The highest BCUT2D eigenvalue weighted by molar-refractivity contribution is 7.99. The second-order valence-corrected chi connectivity index (χ2v) is 7.28. The van der Waals surface area contributed by atoms with Crippen LogP contribution in [0.3, 0.4) is 0 Å². The minimum Gasteiger partial charge on any atom is -0.507 e. The van der Waals surface area contributed by atoms with Crippen molar-refractivity contribution in [3.8, 4) is 22.8 Å². The van der Waals surface area contributed by atoms with Gasteiger partial charge in [0.05, 0.1) is 11.3 Å². The lowest BCUT2D eigenvalue weighted by Gasteiger charge is -2.11. The zero-order chi connectivity index (χ0) is 20.9. The number of carbonyl (C=O) groups is 1. The third-order valence-corrected chi connectivity index (χ3v) is 5.16. The summed E-state index contributed by atoms with van der Waals surface area (Å²) >= 11 is 1.20. The third kappa shape index (κ3) is 4.33. The molecule has 1 aromatic heterocycles. The second kappa shape index (κ2) is 8.79. The number of halogens is 1. The van der Waals surface area contributed by atoms with Crippen LogP contribution in [0.15, 0.2) is 84.0 Å². The summed E-state index contributed by atoms with van der Waals surface area (Å²) in [6, 6.07) is 22.0. The van der Waals surface area contributed by atoms with E-state index in [0.29, 0.717) is 22.2 Å². The maximum Gasteiger partial charge on any atom is 0.234 e. The van der Waals surface area contributed by atoms with Gasteiger partial charge in [-0.1, -0.05) is 48.2 Å². The number of phenolic OH excluding ortho intramolecular Hbond substituents is 1. The van der Waals surface area contributed by atoms with E-state index in [9.17, 15) is 14.3 Å². The first-order valence-corrected chi connectivity index (χ1v) is 10.1. The van der Waals surface area contributed by atoms with Crippen LogP contribution in [-0.2, 0) is 4.79 Å². The summed E-state index contributed by atoms with van der Waals surface area (Å²) in [6.07, 6.45) is 0. The lowest BCUT2D eigenvalue weighted by molar-refractivity contribution is -0.113. The quantitative estimate of drug-likeness (QED) is 0.449. The number of anilines is 1. The minimum atomic E-state index is -0.420. The average Bonchev–Trinajstić information content (AvgIpc) is 3.17. The summed E-state index contributed by atoms with van der Waals surface area (Å²) in [5.41, 5.74) is 1.72. The number of rotatable bonds is 6. The molecule has 1 heterocycles. The lowest BCUT2D eigenvalue weighted by Crippen LogP contribution is -2.14. The zero-order valence-corrected chi connectivity index (χ0v) is 16.5. The monoisotopic (exact) mass is 420 g/mol. The van der Waals surface area contributed by atoms with Crippen LogP contribution in [0.25, 0.3) is 17.1 Å². The summed E-state index contributed by atoms with van der Waals surface area (Å²) in [7, 11) is 0. The van der Waals surface area contributed by atoms with Gasteiger partial charge in [0.15, 0.2) is 11.0 Å². The van der Waals surface area contributed by atoms with Gasteiger partial charge in [-0.25, -0.2) is 4.39 Å². The molecule has 0 radical (unpaired) electrons. The van der Waals surface area contributed by atoms with E-state index < -0.39 is 5.82 Å². The van der Waals surface area contributed by atoms with Crippen LogP contribution in [0.5, 0.6) is 5.75 Å². The van der Waals surface area contributed by atoms with Gasteiger partial charge in [-0.05, 0) is 42.5 Å². The number of nitrogens with zero attached hydrogens (tertiary/aromatic N) is 3. The Labute approximate surface area is 176 Å². The Morgan fingerprint density at radius 2 is 1.77 bits per heavy atom. The number of para-hydroxylation sites is 2. The second-order valence-electron chi connectivity index (χ2n) is 6.34. The number of thioether (sulfide) groups is 1. The van der Waals surface area contributed by atoms with E-state index in [-0.39, 0.29) is 17.4 Å². The van der Waals surface area contributed by atoms with Crippen LogP contribution < -0.4 is 5.32 Å². The molecule has 2 N–H and O–H groups in total. The Morgan fingerprint density at radius 3 is 2.53 bits per heavy atom. The molecule has 0 aliphatic rings. The van der Waals surface area contributed by atoms with Crippen molar-refractivity contribution in [2.45, 2.75) is 5.16 Å². The molecule has 1 amide bonds. The van der Waals surface area contributed by atoms with Crippen molar-refractivity contribution < 1.29 is 14.3 Å². The smallest absolute Gasteiger partial charge is 0.234 e. The maximum absolute atomic E-state index is 13.3. The van der Waals surface area contributed by atoms with Gasteiger partial charge in [0.1, 0.15) is 11.6 Å². The highest BCUT2D eigenvalue weighted by Crippen LogP contribution is 2.32. The molecule has 0 saturated carbocycles. The van der Waals surface area contributed by atoms with Crippen molar-refractivity contribution in [1.82, 2.24) is 14.8 Å². The van der Waals surface area contributed by atoms with E-state index in [1.807, 2.05) is 30.3 Å². The standard InChI is InChI=1S/C22H17FN4O2S/c23-15-7-6-8-16(13-15)24-20(29)14-30-22-26-25-21(18-11-4-5-12-19(18)28)27(22)17-9-2-1-3-10-17/h1-13,28H,14H2,(H,24,29). The fourth-order valence-electron chi connectivity index (χ4n) is 2.90. The number of carbonyl (C=O) groups excluding carboxylic acids is 1. The van der Waals surface area contributed by atoms with Crippen LogP contribution in [0.1, 0.15) is 0 Å². The van der Waals surface area contributed by atoms with Gasteiger partial charge < -0.3 is 10.4 Å². The molecule has 150 valence electrons. The number of phenols is 1. The summed E-state index contributed by atoms with van der Waals surface area (Å²) in [5, 5.41) is 21.9. The summed E-state index contributed by atoms with van der Waals surface area (Å²) in [6.45, 7) is 0. The van der Waals surface area contributed by atoms with Crippen molar-refractivity contribution in [2.24, 2.45) is 0 Å². The van der Waals surface area contributed by atoms with Crippen LogP contribution in [0.4, 0.5) is 10.1 Å². The van der Waals surface area contributed by atoms with Crippen molar-refractivity contribution in [3.05, 3.63) is 84.7 Å². The number of hydrogen-bond acceptors (Lipinski definition) is 5. The van der Waals surface area contributed by atoms with Crippen molar-refractivity contribution in [1.29, 1.82) is 0 Å². The van der Waals surface area contributed by atoms with Crippen LogP contribution in [-0.4, -0.2) is 31.5 Å². The molecule has 0 aliphatic heterocycles. The first kappa shape index (κ1) is 19.7. The molecule has 30 heavy (non-hydrogen) atoms. The van der Waals surface area contributed by atoms with Crippen LogP contribution in [0.2, 0.25) is 0 Å². The molecular formula is C22H17FN4O2S. The van der Waals surface area contributed by atoms with E-state index in [4.69, 9.17) is 0 Å². The van der Waals surface area contributed by atoms with Crippen molar-refractivity contribution >= 4 is 23.4 Å². The van der Waals surface area contributed by atoms with E-state index in [0.717, 1.165) is 5.69 Å². The van der Waals surface area contributed by atoms with Gasteiger partial charge in [0.25, 0.3) is 0 Å². The predicted molar refractivity (Wildman–Crippen MR) is 114 cm³/mol. The molecule has 6 nitrogen and oxygen atoms in total. The number of amides is 1. The summed E-state index contributed by atoms with van der Waals surface area (Å²) in [4.78, 5) is 12.3. The minimum absolute atomic E-state index is 0.0578. The maximum atomic E-state index is 13.3. The van der Waals surface area contributed by atoms with Gasteiger partial charge in [-0.15, -0.1) is 10.2 Å². The molecule has 0 spiro atoms. The van der Waals surface area contributed by atoms with E-state index in [2.05, 4.69) is 15.5 Å². The Balaban J connectivity index is 1.60. The molecule has 8 heteroatoms. The highest BCUT2D eigenvalue weighted by atomic mass is 32.2. The molecule has 3 aromatic carbocycles. The van der Waals surface area contributed by atoms with Crippen molar-refractivity contribution in [3.63, 3.8) is 0 Å². The number of nitrogens with one attached hydrogen (secondary N) is 1. The number of hydrogen-bond donors (Lipinski definition) is 2. The summed E-state index contributed by atoms with van der Waals surface area (Å²) in [5.74, 6) is -0.105. The topological polar surface area (TPSA) is 80.0 Å². The fraction of sp³-hybridized carbons (Fsp3) is 0.0455. The Kier molecular flexibility index (Phi) is 5.76. The molecule has 0 fully saturated rings. The first-order chi connectivity index (χ1) is 14.6. The Bertz CT molecular complexity index is 1180. The zero-order valence-electron chi connectivity index (χ0n) is 15.7. The molecular weight excluding hydrogens is 403 g/mol. The van der Waals surface area contributed by atoms with Gasteiger partial charge >= 0.3 is 0 Å². The normalized spacial score (nSPS) is 10.7. The van der Waals surface area contributed by atoms with Gasteiger partial charge in [-0.2, -0.15) is 0 Å². The molecule has 0 aliphatic carbocycles. The van der Waals surface area contributed by atoms with E-state index >= 15 is 0 Å². The van der Waals surface area contributed by atoms with Crippen LogP contribution in [0, 0.1) is 5.82 Å². The van der Waals surface area contributed by atoms with Gasteiger partial charge in [-0.3, -0.25) is 9.36 Å². The molecule has 4 aromatic rings. The average molecular weight is 420 g/mol. The lowest BCUT2D eigenvalue weighted by atomic mass is 10.2. The molecule has 0 saturated heterocycles. The molecule has 0 bridgehead atoms. The first-order valence-electron chi connectivity index (χ1n) is 9.09. The summed E-state index contributed by atoms with van der Waals surface area (Å²) < 4.78 is 15.1. The Hall–Kier alpha value is -3.65. The number of aromatic nitrogens is 3. The highest BCUT2D eigenvalue weighted by Gasteiger charge is 2.19. The van der Waals surface area contributed by atoms with Gasteiger partial charge in [0.2, 0.25) is 5.91 Å². The largest absolute Gasteiger partial charge is 0.507 e. The predicted octanol–water partition coefficient (Wildman–Crippen LogP) is 4.51. The van der Waals surface area contributed by atoms with Crippen LogP contribution >= 0.6 is 11.8 Å². The molecule has 4 rings (SSSR count). The van der Waals surface area contributed by atoms with Crippen molar-refractivity contribution in [2.75, 3.05) is 11.1 Å². The van der Waals surface area contributed by atoms with Gasteiger partial charge in [0, 0.05) is 11.4 Å². The fourth-order valence-corrected chi connectivity index (χ4v) is 3.66. The number of benzene rings is 3.